The SMILES string of the molecule is CC(C)OCCN(C)C(=O)c1cc(N)ncc1Br. The smallest absolute Gasteiger partial charge is 0.255 e. The summed E-state index contributed by atoms with van der Waals surface area (Å²) in [6, 6.07) is 1.56. The van der Waals surface area contributed by atoms with Crippen LogP contribution < -0.4 is 5.73 Å². The van der Waals surface area contributed by atoms with Gasteiger partial charge in [-0.2, -0.15) is 0 Å². The number of anilines is 1. The molecular weight excluding hydrogens is 298 g/mol. The fraction of sp³-hybridized carbons (Fsp3) is 0.500. The van der Waals surface area contributed by atoms with Crippen molar-refractivity contribution in [1.82, 2.24) is 9.88 Å². The van der Waals surface area contributed by atoms with Gasteiger partial charge in [0.25, 0.3) is 5.91 Å². The van der Waals surface area contributed by atoms with Crippen LogP contribution in [0.5, 0.6) is 0 Å². The summed E-state index contributed by atoms with van der Waals surface area (Å²) in [5.41, 5.74) is 6.09. The van der Waals surface area contributed by atoms with Gasteiger partial charge in [-0.25, -0.2) is 4.98 Å². The number of aromatic nitrogens is 1. The molecule has 0 aliphatic heterocycles. The molecule has 1 aromatic heterocycles. The van der Waals surface area contributed by atoms with Crippen LogP contribution in [0.1, 0.15) is 24.2 Å². The number of nitrogens with zero attached hydrogens (tertiary/aromatic N) is 2. The van der Waals surface area contributed by atoms with Crippen molar-refractivity contribution >= 4 is 27.7 Å². The summed E-state index contributed by atoms with van der Waals surface area (Å²) in [7, 11) is 1.73. The minimum absolute atomic E-state index is 0.108. The van der Waals surface area contributed by atoms with E-state index in [-0.39, 0.29) is 12.0 Å². The quantitative estimate of drug-likeness (QED) is 0.901. The molecular formula is C12H18BrN3O2. The number of carbonyl (C=O) groups excluding carboxylic acids is 1. The fourth-order valence-electron chi connectivity index (χ4n) is 1.35. The van der Waals surface area contributed by atoms with E-state index in [0.29, 0.717) is 29.0 Å². The van der Waals surface area contributed by atoms with E-state index in [0.717, 1.165) is 0 Å². The lowest BCUT2D eigenvalue weighted by molar-refractivity contribution is 0.0531. The molecule has 0 saturated carbocycles. The van der Waals surface area contributed by atoms with E-state index >= 15 is 0 Å². The maximum Gasteiger partial charge on any atom is 0.255 e. The molecule has 0 unspecified atom stereocenters. The Balaban J connectivity index is 2.65. The second-order valence-corrected chi connectivity index (χ2v) is 5.09. The van der Waals surface area contributed by atoms with Crippen LogP contribution in [-0.2, 0) is 4.74 Å². The molecule has 18 heavy (non-hydrogen) atoms. The van der Waals surface area contributed by atoms with Gasteiger partial charge in [0.05, 0.1) is 18.3 Å². The number of hydrogen-bond donors (Lipinski definition) is 1. The predicted octanol–water partition coefficient (Wildman–Crippen LogP) is 1.92. The number of pyridine rings is 1. The normalized spacial score (nSPS) is 10.7. The van der Waals surface area contributed by atoms with Gasteiger partial charge >= 0.3 is 0 Å². The van der Waals surface area contributed by atoms with Crippen molar-refractivity contribution < 1.29 is 9.53 Å². The molecule has 1 aromatic rings. The van der Waals surface area contributed by atoms with Gasteiger partial charge in [-0.15, -0.1) is 0 Å². The first-order chi connectivity index (χ1) is 8.41. The minimum Gasteiger partial charge on any atom is -0.384 e. The Kier molecular flexibility index (Phi) is 5.55. The van der Waals surface area contributed by atoms with E-state index in [1.54, 1.807) is 18.0 Å². The van der Waals surface area contributed by atoms with Gasteiger partial charge in [0.2, 0.25) is 0 Å². The third-order valence-corrected chi connectivity index (χ3v) is 2.96. The molecule has 2 N–H and O–H groups in total. The number of ether oxygens (including phenoxy) is 1. The second-order valence-electron chi connectivity index (χ2n) is 4.24. The number of nitrogen functional groups attached to an aromatic ring is 1. The number of carbonyl (C=O) groups is 1. The van der Waals surface area contributed by atoms with Crippen LogP contribution in [0, 0.1) is 0 Å². The van der Waals surface area contributed by atoms with Gasteiger partial charge in [0.1, 0.15) is 5.82 Å². The molecule has 100 valence electrons. The first-order valence-corrected chi connectivity index (χ1v) is 6.49. The Hall–Kier alpha value is -1.14. The van der Waals surface area contributed by atoms with Crippen molar-refractivity contribution in [2.75, 3.05) is 25.9 Å². The van der Waals surface area contributed by atoms with Crippen molar-refractivity contribution in [1.29, 1.82) is 0 Å². The fourth-order valence-corrected chi connectivity index (χ4v) is 1.74. The van der Waals surface area contributed by atoms with E-state index in [9.17, 15) is 4.79 Å². The number of rotatable bonds is 5. The van der Waals surface area contributed by atoms with Gasteiger partial charge in [-0.05, 0) is 35.8 Å². The van der Waals surface area contributed by atoms with Gasteiger partial charge in [0.15, 0.2) is 0 Å². The molecule has 0 aromatic carbocycles. The molecule has 0 aliphatic rings. The molecule has 5 nitrogen and oxygen atoms in total. The highest BCUT2D eigenvalue weighted by molar-refractivity contribution is 9.10. The lowest BCUT2D eigenvalue weighted by Crippen LogP contribution is -2.31. The summed E-state index contributed by atoms with van der Waals surface area (Å²) in [5, 5.41) is 0. The monoisotopic (exact) mass is 315 g/mol. The Morgan fingerprint density at radius 1 is 1.61 bits per heavy atom. The maximum absolute atomic E-state index is 12.2. The third-order valence-electron chi connectivity index (χ3n) is 2.33. The highest BCUT2D eigenvalue weighted by atomic mass is 79.9. The molecule has 0 spiro atoms. The lowest BCUT2D eigenvalue weighted by atomic mass is 10.2. The van der Waals surface area contributed by atoms with Gasteiger partial charge in [-0.1, -0.05) is 0 Å². The first kappa shape index (κ1) is 14.9. The summed E-state index contributed by atoms with van der Waals surface area (Å²) < 4.78 is 6.05. The van der Waals surface area contributed by atoms with E-state index in [1.165, 1.54) is 6.20 Å². The van der Waals surface area contributed by atoms with Crippen LogP contribution in [-0.4, -0.2) is 42.1 Å². The molecule has 0 atom stereocenters. The highest BCUT2D eigenvalue weighted by Gasteiger charge is 2.15. The van der Waals surface area contributed by atoms with Crippen LogP contribution in [0.2, 0.25) is 0 Å². The van der Waals surface area contributed by atoms with Crippen LogP contribution in [0.4, 0.5) is 5.82 Å². The average Bonchev–Trinajstić information content (AvgIpc) is 2.30. The van der Waals surface area contributed by atoms with Crippen molar-refractivity contribution in [3.05, 3.63) is 22.3 Å². The zero-order valence-corrected chi connectivity index (χ0v) is 12.4. The molecule has 0 aliphatic carbocycles. The van der Waals surface area contributed by atoms with Crippen LogP contribution in [0.25, 0.3) is 0 Å². The van der Waals surface area contributed by atoms with Gasteiger partial charge in [-0.3, -0.25) is 4.79 Å². The van der Waals surface area contributed by atoms with Crippen LogP contribution in [0.3, 0.4) is 0 Å². The number of likely N-dealkylation sites (N-methyl/N-ethyl adjacent to an activating group) is 1. The van der Waals surface area contributed by atoms with Crippen LogP contribution in [0.15, 0.2) is 16.7 Å². The first-order valence-electron chi connectivity index (χ1n) is 5.70. The Morgan fingerprint density at radius 2 is 2.28 bits per heavy atom. The van der Waals surface area contributed by atoms with Crippen molar-refractivity contribution in [3.63, 3.8) is 0 Å². The maximum atomic E-state index is 12.2. The summed E-state index contributed by atoms with van der Waals surface area (Å²) in [6.45, 7) is 4.97. The topological polar surface area (TPSA) is 68.5 Å². The molecule has 1 rings (SSSR count). The van der Waals surface area contributed by atoms with Crippen molar-refractivity contribution in [2.24, 2.45) is 0 Å². The number of halogens is 1. The molecule has 1 amide bonds. The Morgan fingerprint density at radius 3 is 2.89 bits per heavy atom. The summed E-state index contributed by atoms with van der Waals surface area (Å²) >= 11 is 3.29. The Bertz CT molecular complexity index is 424. The van der Waals surface area contributed by atoms with Crippen molar-refractivity contribution in [3.8, 4) is 0 Å². The molecule has 0 radical (unpaired) electrons. The summed E-state index contributed by atoms with van der Waals surface area (Å²) in [4.78, 5) is 17.7. The van der Waals surface area contributed by atoms with E-state index in [1.807, 2.05) is 13.8 Å². The molecule has 0 fully saturated rings. The van der Waals surface area contributed by atoms with E-state index in [4.69, 9.17) is 10.5 Å². The summed E-state index contributed by atoms with van der Waals surface area (Å²) in [5.74, 6) is 0.219. The lowest BCUT2D eigenvalue weighted by Gasteiger charge is -2.18. The van der Waals surface area contributed by atoms with Crippen LogP contribution >= 0.6 is 15.9 Å². The zero-order valence-electron chi connectivity index (χ0n) is 10.8. The number of nitrogens with two attached hydrogens (primary N) is 1. The number of amides is 1. The van der Waals surface area contributed by atoms with E-state index < -0.39 is 0 Å². The Labute approximate surface area is 115 Å². The molecule has 1 heterocycles. The van der Waals surface area contributed by atoms with Gasteiger partial charge < -0.3 is 15.4 Å². The molecule has 0 bridgehead atoms. The van der Waals surface area contributed by atoms with Crippen molar-refractivity contribution in [2.45, 2.75) is 20.0 Å². The summed E-state index contributed by atoms with van der Waals surface area (Å²) in [6.07, 6.45) is 1.69. The highest BCUT2D eigenvalue weighted by Crippen LogP contribution is 2.18. The standard InChI is InChI=1S/C12H18BrN3O2/c1-8(2)18-5-4-16(3)12(17)9-6-11(14)15-7-10(9)13/h6-8H,4-5H2,1-3H3,(H2,14,15). The molecule has 0 saturated heterocycles. The second kappa shape index (κ2) is 6.70. The number of hydrogen-bond acceptors (Lipinski definition) is 4. The largest absolute Gasteiger partial charge is 0.384 e. The minimum atomic E-state index is -0.108. The molecule has 6 heteroatoms. The predicted molar refractivity (Wildman–Crippen MR) is 74.4 cm³/mol. The average molecular weight is 316 g/mol. The third kappa shape index (κ3) is 4.27. The zero-order chi connectivity index (χ0) is 13.7. The van der Waals surface area contributed by atoms with Gasteiger partial charge in [0, 0.05) is 24.3 Å². The van der Waals surface area contributed by atoms with E-state index in [2.05, 4.69) is 20.9 Å².